The molecule has 0 aromatic heterocycles. The maximum Gasteiger partial charge on any atom is 0.0686 e. The van der Waals surface area contributed by atoms with E-state index >= 15 is 0 Å². The van der Waals surface area contributed by atoms with Gasteiger partial charge >= 0.3 is 0 Å². The number of nitrogens with one attached hydrogen (secondary N) is 1. The molecule has 0 aliphatic carbocycles. The zero-order valence-electron chi connectivity index (χ0n) is 5.69. The van der Waals surface area contributed by atoms with E-state index in [2.05, 4.69) is 11.2 Å². The van der Waals surface area contributed by atoms with E-state index in [9.17, 15) is 0 Å². The van der Waals surface area contributed by atoms with Crippen LogP contribution in [0.1, 0.15) is 25.7 Å². The monoisotopic (exact) mass is 123 g/mol. The minimum absolute atomic E-state index is 0.354. The van der Waals surface area contributed by atoms with Gasteiger partial charge in [-0.2, -0.15) is 0 Å². The van der Waals surface area contributed by atoms with Crippen LogP contribution in [0.5, 0.6) is 0 Å². The Hall–Kier alpha value is -0.480. The van der Waals surface area contributed by atoms with Gasteiger partial charge in [0, 0.05) is 0 Å². The minimum atomic E-state index is 0.354. The third kappa shape index (κ3) is 2.07. The Bertz CT molecular complexity index is 104. The highest BCUT2D eigenvalue weighted by Crippen LogP contribution is 2.06. The van der Waals surface area contributed by atoms with Crippen molar-refractivity contribution < 1.29 is 0 Å². The summed E-state index contributed by atoms with van der Waals surface area (Å²) in [5.41, 5.74) is 0. The molecule has 1 rings (SSSR count). The van der Waals surface area contributed by atoms with E-state index in [1.165, 1.54) is 19.3 Å². The molecule has 9 heavy (non-hydrogen) atoms. The first kappa shape index (κ1) is 6.64. The van der Waals surface area contributed by atoms with E-state index in [0.29, 0.717) is 6.04 Å². The van der Waals surface area contributed by atoms with Gasteiger partial charge in [-0.3, -0.25) is 0 Å². The van der Waals surface area contributed by atoms with Gasteiger partial charge in [-0.25, -0.2) is 0 Å². The molecule has 1 nitrogen and oxygen atoms in total. The van der Waals surface area contributed by atoms with Gasteiger partial charge in [-0.05, 0) is 19.4 Å². The molecule has 1 heteroatoms. The Morgan fingerprint density at radius 1 is 1.33 bits per heavy atom. The van der Waals surface area contributed by atoms with Crippen LogP contribution in [0.4, 0.5) is 0 Å². The first-order chi connectivity index (χ1) is 4.43. The molecule has 50 valence electrons. The van der Waals surface area contributed by atoms with Gasteiger partial charge in [0.05, 0.1) is 6.04 Å². The molecule has 0 saturated carbocycles. The van der Waals surface area contributed by atoms with Crippen molar-refractivity contribution in [3.8, 4) is 12.3 Å². The van der Waals surface area contributed by atoms with Crippen LogP contribution >= 0.6 is 0 Å². The van der Waals surface area contributed by atoms with Crippen LogP contribution in [0.15, 0.2) is 0 Å². The molecule has 1 aliphatic rings. The Balaban J connectivity index is 2.29. The fourth-order valence-corrected chi connectivity index (χ4v) is 1.17. The van der Waals surface area contributed by atoms with Crippen LogP contribution in [-0.4, -0.2) is 12.6 Å². The van der Waals surface area contributed by atoms with Crippen molar-refractivity contribution in [2.45, 2.75) is 31.7 Å². The van der Waals surface area contributed by atoms with Crippen molar-refractivity contribution >= 4 is 0 Å². The van der Waals surface area contributed by atoms with Crippen molar-refractivity contribution in [3.05, 3.63) is 0 Å². The molecule has 1 aliphatic heterocycles. The molecule has 0 aromatic rings. The zero-order valence-corrected chi connectivity index (χ0v) is 5.69. The molecule has 0 spiro atoms. The maximum atomic E-state index is 5.26. The van der Waals surface area contributed by atoms with E-state index in [0.717, 1.165) is 13.0 Å². The maximum absolute atomic E-state index is 5.26. The van der Waals surface area contributed by atoms with Crippen molar-refractivity contribution in [1.82, 2.24) is 5.32 Å². The number of hydrogen-bond acceptors (Lipinski definition) is 1. The molecule has 1 fully saturated rings. The van der Waals surface area contributed by atoms with Crippen LogP contribution in [0.2, 0.25) is 0 Å². The van der Waals surface area contributed by atoms with Gasteiger partial charge in [0.15, 0.2) is 0 Å². The Morgan fingerprint density at radius 3 is 3.00 bits per heavy atom. The lowest BCUT2D eigenvalue weighted by Crippen LogP contribution is -2.25. The van der Waals surface area contributed by atoms with Gasteiger partial charge in [0.25, 0.3) is 0 Å². The van der Waals surface area contributed by atoms with E-state index < -0.39 is 0 Å². The SMILES string of the molecule is C#CC1CCCCCN1. The van der Waals surface area contributed by atoms with Crippen LogP contribution in [0, 0.1) is 12.3 Å². The minimum Gasteiger partial charge on any atom is -0.304 e. The van der Waals surface area contributed by atoms with E-state index in [-0.39, 0.29) is 0 Å². The zero-order chi connectivity index (χ0) is 6.53. The number of hydrogen-bond donors (Lipinski definition) is 1. The Labute approximate surface area is 56.8 Å². The van der Waals surface area contributed by atoms with Crippen LogP contribution in [0.25, 0.3) is 0 Å². The second-order valence-electron chi connectivity index (χ2n) is 2.52. The molecule has 1 saturated heterocycles. The standard InChI is InChI=1S/C8H13N/c1-2-8-6-4-3-5-7-9-8/h1,8-9H,3-7H2. The first-order valence-corrected chi connectivity index (χ1v) is 3.63. The summed E-state index contributed by atoms with van der Waals surface area (Å²) < 4.78 is 0. The number of rotatable bonds is 0. The van der Waals surface area contributed by atoms with E-state index in [1.54, 1.807) is 0 Å². The predicted octanol–water partition coefficient (Wildman–Crippen LogP) is 1.15. The van der Waals surface area contributed by atoms with Crippen LogP contribution in [0.3, 0.4) is 0 Å². The Kier molecular flexibility index (Phi) is 2.60. The van der Waals surface area contributed by atoms with Gasteiger partial charge in [-0.15, -0.1) is 6.42 Å². The molecular weight excluding hydrogens is 110 g/mol. The average Bonchev–Trinajstić information content (AvgIpc) is 2.13. The molecule has 0 bridgehead atoms. The normalized spacial score (nSPS) is 28.6. The first-order valence-electron chi connectivity index (χ1n) is 3.63. The summed E-state index contributed by atoms with van der Waals surface area (Å²) in [7, 11) is 0. The quantitative estimate of drug-likeness (QED) is 0.476. The highest BCUT2D eigenvalue weighted by Gasteiger charge is 2.06. The summed E-state index contributed by atoms with van der Waals surface area (Å²) in [5.74, 6) is 2.73. The molecule has 0 radical (unpaired) electrons. The fourth-order valence-electron chi connectivity index (χ4n) is 1.17. The molecule has 1 heterocycles. The van der Waals surface area contributed by atoms with Crippen molar-refractivity contribution in [2.75, 3.05) is 6.54 Å². The van der Waals surface area contributed by atoms with Gasteiger partial charge < -0.3 is 5.32 Å². The molecule has 0 amide bonds. The highest BCUT2D eigenvalue weighted by atomic mass is 14.9. The molecule has 0 aromatic carbocycles. The lowest BCUT2D eigenvalue weighted by Gasteiger charge is -2.05. The van der Waals surface area contributed by atoms with Crippen LogP contribution < -0.4 is 5.32 Å². The number of terminal acetylenes is 1. The Morgan fingerprint density at radius 2 is 2.22 bits per heavy atom. The van der Waals surface area contributed by atoms with Crippen molar-refractivity contribution in [3.63, 3.8) is 0 Å². The predicted molar refractivity (Wildman–Crippen MR) is 39.1 cm³/mol. The fraction of sp³-hybridized carbons (Fsp3) is 0.750. The summed E-state index contributed by atoms with van der Waals surface area (Å²) in [4.78, 5) is 0. The largest absolute Gasteiger partial charge is 0.304 e. The lowest BCUT2D eigenvalue weighted by atomic mass is 10.1. The topological polar surface area (TPSA) is 12.0 Å². The molecule has 1 unspecified atom stereocenters. The van der Waals surface area contributed by atoms with E-state index in [4.69, 9.17) is 6.42 Å². The second-order valence-corrected chi connectivity index (χ2v) is 2.52. The second kappa shape index (κ2) is 3.53. The lowest BCUT2D eigenvalue weighted by molar-refractivity contribution is 0.614. The van der Waals surface area contributed by atoms with Crippen molar-refractivity contribution in [1.29, 1.82) is 0 Å². The van der Waals surface area contributed by atoms with Gasteiger partial charge in [0.1, 0.15) is 0 Å². The van der Waals surface area contributed by atoms with Crippen LogP contribution in [-0.2, 0) is 0 Å². The summed E-state index contributed by atoms with van der Waals surface area (Å²) >= 11 is 0. The summed E-state index contributed by atoms with van der Waals surface area (Å²) in [6, 6.07) is 0.354. The molecule has 1 N–H and O–H groups in total. The highest BCUT2D eigenvalue weighted by molar-refractivity contribution is 4.98. The summed E-state index contributed by atoms with van der Waals surface area (Å²) in [6.45, 7) is 1.11. The summed E-state index contributed by atoms with van der Waals surface area (Å²) in [6.07, 6.45) is 10.3. The summed E-state index contributed by atoms with van der Waals surface area (Å²) in [5, 5.41) is 3.30. The van der Waals surface area contributed by atoms with Crippen molar-refractivity contribution in [2.24, 2.45) is 0 Å². The average molecular weight is 123 g/mol. The van der Waals surface area contributed by atoms with E-state index in [1.807, 2.05) is 0 Å². The molecular formula is C8H13N. The third-order valence-corrected chi connectivity index (χ3v) is 1.76. The van der Waals surface area contributed by atoms with Gasteiger partial charge in [0.2, 0.25) is 0 Å². The molecule has 1 atom stereocenters. The smallest absolute Gasteiger partial charge is 0.0686 e. The third-order valence-electron chi connectivity index (χ3n) is 1.76. The van der Waals surface area contributed by atoms with Gasteiger partial charge in [-0.1, -0.05) is 18.8 Å².